The Balaban J connectivity index is 1.99. The predicted molar refractivity (Wildman–Crippen MR) is 74.0 cm³/mol. The first-order valence-corrected chi connectivity index (χ1v) is 6.62. The molecule has 1 atom stereocenters. The van der Waals surface area contributed by atoms with Gasteiger partial charge in [0.05, 0.1) is 0 Å². The van der Waals surface area contributed by atoms with Crippen LogP contribution in [0.15, 0.2) is 45.6 Å². The molecule has 5 nitrogen and oxygen atoms in total. The summed E-state index contributed by atoms with van der Waals surface area (Å²) in [6.45, 7) is 1.88. The van der Waals surface area contributed by atoms with Crippen LogP contribution in [0.5, 0.6) is 5.75 Å². The Bertz CT molecular complexity index is 525. The maximum Gasteiger partial charge on any atom is 0.266 e. The lowest BCUT2D eigenvalue weighted by Gasteiger charge is -2.16. The van der Waals surface area contributed by atoms with Gasteiger partial charge in [-0.05, 0) is 30.7 Å². The third-order valence-electron chi connectivity index (χ3n) is 2.44. The van der Waals surface area contributed by atoms with Crippen LogP contribution >= 0.6 is 15.9 Å². The SMILES string of the molecule is CC[C@H](Oc1ccc(Br)cc1)C(=O)Nc1ccon1. The highest BCUT2D eigenvalue weighted by Gasteiger charge is 2.19. The number of aromatic nitrogens is 1. The number of hydrogen-bond donors (Lipinski definition) is 1. The maximum absolute atomic E-state index is 12.0. The van der Waals surface area contributed by atoms with E-state index in [1.165, 1.54) is 6.26 Å². The quantitative estimate of drug-likeness (QED) is 0.917. The molecule has 0 aliphatic rings. The van der Waals surface area contributed by atoms with E-state index in [4.69, 9.17) is 4.74 Å². The van der Waals surface area contributed by atoms with Gasteiger partial charge in [-0.15, -0.1) is 0 Å². The third-order valence-corrected chi connectivity index (χ3v) is 2.97. The van der Waals surface area contributed by atoms with Gasteiger partial charge in [0, 0.05) is 10.5 Å². The first kappa shape index (κ1) is 13.6. The maximum atomic E-state index is 12.0. The molecule has 2 rings (SSSR count). The molecule has 6 heteroatoms. The molecule has 0 aliphatic carbocycles. The van der Waals surface area contributed by atoms with E-state index in [9.17, 15) is 4.79 Å². The molecule has 1 N–H and O–H groups in total. The number of halogens is 1. The van der Waals surface area contributed by atoms with Gasteiger partial charge in [-0.3, -0.25) is 4.79 Å². The number of ether oxygens (including phenoxy) is 1. The first-order chi connectivity index (χ1) is 9.19. The van der Waals surface area contributed by atoms with Gasteiger partial charge in [-0.2, -0.15) is 0 Å². The van der Waals surface area contributed by atoms with Crippen LogP contribution in [0.2, 0.25) is 0 Å². The summed E-state index contributed by atoms with van der Waals surface area (Å²) in [4.78, 5) is 12.0. The van der Waals surface area contributed by atoms with E-state index < -0.39 is 6.10 Å². The normalized spacial score (nSPS) is 11.9. The van der Waals surface area contributed by atoms with Crippen LogP contribution in [0.3, 0.4) is 0 Å². The Kier molecular flexibility index (Phi) is 4.57. The molecule has 0 unspecified atom stereocenters. The number of nitrogens with one attached hydrogen (secondary N) is 1. The minimum atomic E-state index is -0.571. The molecule has 0 saturated carbocycles. The summed E-state index contributed by atoms with van der Waals surface area (Å²) in [5.74, 6) is 0.771. The fraction of sp³-hybridized carbons (Fsp3) is 0.231. The fourth-order valence-electron chi connectivity index (χ4n) is 1.48. The van der Waals surface area contributed by atoms with Crippen molar-refractivity contribution in [3.63, 3.8) is 0 Å². The second-order valence-corrected chi connectivity index (χ2v) is 4.76. The molecule has 0 spiro atoms. The number of carbonyl (C=O) groups is 1. The van der Waals surface area contributed by atoms with Crippen molar-refractivity contribution in [2.75, 3.05) is 5.32 Å². The van der Waals surface area contributed by atoms with Crippen molar-refractivity contribution >= 4 is 27.7 Å². The second kappa shape index (κ2) is 6.38. The third kappa shape index (κ3) is 3.82. The van der Waals surface area contributed by atoms with Crippen LogP contribution in [0.4, 0.5) is 5.82 Å². The zero-order chi connectivity index (χ0) is 13.7. The summed E-state index contributed by atoms with van der Waals surface area (Å²) in [6, 6.07) is 8.89. The molecule has 1 heterocycles. The molecule has 1 aromatic carbocycles. The lowest BCUT2D eigenvalue weighted by Crippen LogP contribution is -2.32. The Morgan fingerprint density at radius 3 is 2.74 bits per heavy atom. The van der Waals surface area contributed by atoms with Gasteiger partial charge in [0.15, 0.2) is 11.9 Å². The summed E-state index contributed by atoms with van der Waals surface area (Å²) in [7, 11) is 0. The molecule has 0 fully saturated rings. The average molecular weight is 325 g/mol. The lowest BCUT2D eigenvalue weighted by molar-refractivity contribution is -0.122. The van der Waals surface area contributed by atoms with Crippen LogP contribution in [-0.4, -0.2) is 17.2 Å². The van der Waals surface area contributed by atoms with E-state index in [-0.39, 0.29) is 5.91 Å². The van der Waals surface area contributed by atoms with E-state index in [0.29, 0.717) is 18.0 Å². The number of hydrogen-bond acceptors (Lipinski definition) is 4. The van der Waals surface area contributed by atoms with E-state index >= 15 is 0 Å². The van der Waals surface area contributed by atoms with E-state index in [0.717, 1.165) is 4.47 Å². The highest BCUT2D eigenvalue weighted by molar-refractivity contribution is 9.10. The summed E-state index contributed by atoms with van der Waals surface area (Å²) >= 11 is 3.34. The second-order valence-electron chi connectivity index (χ2n) is 3.84. The lowest BCUT2D eigenvalue weighted by atomic mass is 10.2. The van der Waals surface area contributed by atoms with E-state index in [1.54, 1.807) is 18.2 Å². The minimum absolute atomic E-state index is 0.251. The fourth-order valence-corrected chi connectivity index (χ4v) is 1.75. The van der Waals surface area contributed by atoms with Crippen molar-refractivity contribution in [2.24, 2.45) is 0 Å². The number of amides is 1. The summed E-state index contributed by atoms with van der Waals surface area (Å²) < 4.78 is 11.2. The van der Waals surface area contributed by atoms with Crippen LogP contribution in [-0.2, 0) is 4.79 Å². The van der Waals surface area contributed by atoms with Gasteiger partial charge in [-0.25, -0.2) is 0 Å². The number of rotatable bonds is 5. The molecular formula is C13H13BrN2O3. The highest BCUT2D eigenvalue weighted by atomic mass is 79.9. The molecule has 100 valence electrons. The Hall–Kier alpha value is -1.82. The van der Waals surface area contributed by atoms with Crippen molar-refractivity contribution < 1.29 is 14.1 Å². The monoisotopic (exact) mass is 324 g/mol. The number of nitrogens with zero attached hydrogens (tertiary/aromatic N) is 1. The van der Waals surface area contributed by atoms with Gasteiger partial charge in [-0.1, -0.05) is 28.0 Å². The average Bonchev–Trinajstić information content (AvgIpc) is 2.90. The molecule has 1 aromatic heterocycles. The molecule has 0 aliphatic heterocycles. The number of carbonyl (C=O) groups excluding carboxylic acids is 1. The van der Waals surface area contributed by atoms with Gasteiger partial charge in [0.1, 0.15) is 12.0 Å². The van der Waals surface area contributed by atoms with Crippen LogP contribution in [0, 0.1) is 0 Å². The first-order valence-electron chi connectivity index (χ1n) is 5.82. The highest BCUT2D eigenvalue weighted by Crippen LogP contribution is 2.18. The van der Waals surface area contributed by atoms with Crippen molar-refractivity contribution in [2.45, 2.75) is 19.4 Å². The molecule has 0 bridgehead atoms. The minimum Gasteiger partial charge on any atom is -0.481 e. The number of anilines is 1. The largest absolute Gasteiger partial charge is 0.481 e. The van der Waals surface area contributed by atoms with Gasteiger partial charge in [0.25, 0.3) is 5.91 Å². The molecule has 0 radical (unpaired) electrons. The Morgan fingerprint density at radius 2 is 2.16 bits per heavy atom. The van der Waals surface area contributed by atoms with Gasteiger partial charge >= 0.3 is 0 Å². The zero-order valence-corrected chi connectivity index (χ0v) is 11.9. The van der Waals surface area contributed by atoms with Gasteiger partial charge < -0.3 is 14.6 Å². The topological polar surface area (TPSA) is 64.4 Å². The Labute approximate surface area is 119 Å². The van der Waals surface area contributed by atoms with E-state index in [1.807, 2.05) is 19.1 Å². The molecular weight excluding hydrogens is 312 g/mol. The standard InChI is InChI=1S/C13H13BrN2O3/c1-2-11(13(17)15-12-7-8-18-16-12)19-10-5-3-9(14)4-6-10/h3-8,11H,2H2,1H3,(H,15,16,17)/t11-/m0/s1. The van der Waals surface area contributed by atoms with Crippen molar-refractivity contribution in [1.82, 2.24) is 5.16 Å². The molecule has 0 saturated heterocycles. The van der Waals surface area contributed by atoms with Crippen molar-refractivity contribution in [1.29, 1.82) is 0 Å². The van der Waals surface area contributed by atoms with E-state index in [2.05, 4.69) is 30.9 Å². The van der Waals surface area contributed by atoms with Crippen LogP contribution < -0.4 is 10.1 Å². The van der Waals surface area contributed by atoms with Crippen LogP contribution in [0.25, 0.3) is 0 Å². The van der Waals surface area contributed by atoms with Crippen molar-refractivity contribution in [3.8, 4) is 5.75 Å². The summed E-state index contributed by atoms with van der Waals surface area (Å²) in [6.07, 6.45) is 1.38. The van der Waals surface area contributed by atoms with Gasteiger partial charge in [0.2, 0.25) is 0 Å². The van der Waals surface area contributed by atoms with Crippen molar-refractivity contribution in [3.05, 3.63) is 41.1 Å². The number of benzene rings is 1. The predicted octanol–water partition coefficient (Wildman–Crippen LogP) is 3.23. The summed E-state index contributed by atoms with van der Waals surface area (Å²) in [5, 5.41) is 6.25. The zero-order valence-electron chi connectivity index (χ0n) is 10.3. The molecule has 2 aromatic rings. The molecule has 19 heavy (non-hydrogen) atoms. The smallest absolute Gasteiger partial charge is 0.266 e. The Morgan fingerprint density at radius 1 is 1.42 bits per heavy atom. The molecule has 1 amide bonds. The summed E-state index contributed by atoms with van der Waals surface area (Å²) in [5.41, 5.74) is 0. The van der Waals surface area contributed by atoms with Crippen LogP contribution in [0.1, 0.15) is 13.3 Å².